The Kier molecular flexibility index (Phi) is 5.53. The number of aromatic nitrogens is 1. The molecule has 116 valence electrons. The summed E-state index contributed by atoms with van der Waals surface area (Å²) in [6.45, 7) is 5.13. The molecule has 1 heterocycles. The van der Waals surface area contributed by atoms with Gasteiger partial charge in [0.15, 0.2) is 0 Å². The minimum atomic E-state index is 0.0909. The number of hydrogen-bond acceptors (Lipinski definition) is 3. The van der Waals surface area contributed by atoms with Gasteiger partial charge in [-0.2, -0.15) is 0 Å². The number of nitrogens with zero attached hydrogens (tertiary/aromatic N) is 2. The number of amides is 1. The number of pyridine rings is 1. The van der Waals surface area contributed by atoms with E-state index in [2.05, 4.69) is 42.3 Å². The molecule has 0 atom stereocenters. The Hall–Kier alpha value is -2.36. The molecule has 2 rings (SSSR count). The third kappa shape index (κ3) is 4.88. The molecule has 4 heteroatoms. The van der Waals surface area contributed by atoms with E-state index in [0.717, 1.165) is 12.1 Å². The summed E-state index contributed by atoms with van der Waals surface area (Å²) < 4.78 is 0. The van der Waals surface area contributed by atoms with E-state index in [4.69, 9.17) is 0 Å². The highest BCUT2D eigenvalue weighted by atomic mass is 16.2. The number of carbonyl (C=O) groups excluding carboxylic acids is 1. The molecule has 22 heavy (non-hydrogen) atoms. The van der Waals surface area contributed by atoms with Gasteiger partial charge in [0.25, 0.3) is 0 Å². The van der Waals surface area contributed by atoms with Crippen molar-refractivity contribution in [2.75, 3.05) is 25.5 Å². The lowest BCUT2D eigenvalue weighted by atomic mass is 10.1. The maximum atomic E-state index is 12.2. The summed E-state index contributed by atoms with van der Waals surface area (Å²) in [5, 5.41) is 3.20. The van der Waals surface area contributed by atoms with Crippen LogP contribution in [-0.4, -0.2) is 35.9 Å². The zero-order valence-electron chi connectivity index (χ0n) is 13.5. The monoisotopic (exact) mass is 297 g/mol. The van der Waals surface area contributed by atoms with Crippen molar-refractivity contribution in [2.45, 2.75) is 20.3 Å². The van der Waals surface area contributed by atoms with Crippen molar-refractivity contribution in [3.05, 3.63) is 59.4 Å². The highest BCUT2D eigenvalue weighted by Crippen LogP contribution is 2.13. The smallest absolute Gasteiger partial charge is 0.241 e. The molecule has 0 saturated heterocycles. The Morgan fingerprint density at radius 3 is 2.41 bits per heavy atom. The number of anilines is 1. The fourth-order valence-electron chi connectivity index (χ4n) is 2.36. The molecule has 0 saturated carbocycles. The van der Waals surface area contributed by atoms with Crippen LogP contribution in [0.2, 0.25) is 0 Å². The van der Waals surface area contributed by atoms with Crippen LogP contribution in [-0.2, 0) is 11.2 Å². The molecule has 0 aliphatic carbocycles. The van der Waals surface area contributed by atoms with E-state index in [1.165, 1.54) is 16.7 Å². The lowest BCUT2D eigenvalue weighted by Gasteiger charge is -2.18. The Morgan fingerprint density at radius 1 is 1.14 bits per heavy atom. The van der Waals surface area contributed by atoms with Crippen LogP contribution in [0.4, 0.5) is 5.69 Å². The highest BCUT2D eigenvalue weighted by Gasteiger charge is 2.08. The number of carbonyl (C=O) groups is 1. The summed E-state index contributed by atoms with van der Waals surface area (Å²) in [5.74, 6) is 0.0909. The van der Waals surface area contributed by atoms with Gasteiger partial charge in [-0.1, -0.05) is 6.07 Å². The SMILES string of the molecule is Cc1cc(C)cc(NCC(=O)N(C)CCc2ccncc2)c1. The van der Waals surface area contributed by atoms with Gasteiger partial charge >= 0.3 is 0 Å². The number of nitrogens with one attached hydrogen (secondary N) is 1. The van der Waals surface area contributed by atoms with E-state index in [1.807, 2.05) is 19.2 Å². The Balaban J connectivity index is 1.81. The summed E-state index contributed by atoms with van der Waals surface area (Å²) in [5.41, 5.74) is 4.58. The molecule has 0 spiro atoms. The average molecular weight is 297 g/mol. The number of likely N-dealkylation sites (N-methyl/N-ethyl adjacent to an activating group) is 1. The van der Waals surface area contributed by atoms with Crippen molar-refractivity contribution in [2.24, 2.45) is 0 Å². The van der Waals surface area contributed by atoms with Crippen LogP contribution in [0.15, 0.2) is 42.7 Å². The third-order valence-corrected chi connectivity index (χ3v) is 3.58. The van der Waals surface area contributed by atoms with Crippen molar-refractivity contribution in [1.29, 1.82) is 0 Å². The summed E-state index contributed by atoms with van der Waals surface area (Å²) >= 11 is 0. The molecule has 4 nitrogen and oxygen atoms in total. The second-order valence-electron chi connectivity index (χ2n) is 5.65. The first-order valence-electron chi connectivity index (χ1n) is 7.49. The average Bonchev–Trinajstić information content (AvgIpc) is 2.50. The van der Waals surface area contributed by atoms with E-state index < -0.39 is 0 Å². The molecular weight excluding hydrogens is 274 g/mol. The van der Waals surface area contributed by atoms with Crippen LogP contribution in [0.5, 0.6) is 0 Å². The minimum Gasteiger partial charge on any atom is -0.376 e. The predicted molar refractivity (Wildman–Crippen MR) is 90.0 cm³/mol. The first-order valence-corrected chi connectivity index (χ1v) is 7.49. The van der Waals surface area contributed by atoms with Crippen LogP contribution in [0.25, 0.3) is 0 Å². The van der Waals surface area contributed by atoms with Crippen molar-refractivity contribution < 1.29 is 4.79 Å². The van der Waals surface area contributed by atoms with Crippen LogP contribution >= 0.6 is 0 Å². The molecule has 0 aliphatic heterocycles. The van der Waals surface area contributed by atoms with Crippen LogP contribution in [0.3, 0.4) is 0 Å². The molecule has 0 fully saturated rings. The van der Waals surface area contributed by atoms with Crippen LogP contribution < -0.4 is 5.32 Å². The molecule has 0 bridgehead atoms. The quantitative estimate of drug-likeness (QED) is 0.892. The van der Waals surface area contributed by atoms with Crippen molar-refractivity contribution in [1.82, 2.24) is 9.88 Å². The zero-order chi connectivity index (χ0) is 15.9. The maximum absolute atomic E-state index is 12.2. The molecule has 0 radical (unpaired) electrons. The number of rotatable bonds is 6. The van der Waals surface area contributed by atoms with Gasteiger partial charge in [-0.15, -0.1) is 0 Å². The Labute approximate surface area is 132 Å². The number of aryl methyl sites for hydroxylation is 2. The van der Waals surface area contributed by atoms with Gasteiger partial charge in [-0.3, -0.25) is 9.78 Å². The van der Waals surface area contributed by atoms with E-state index >= 15 is 0 Å². The Morgan fingerprint density at radius 2 is 1.77 bits per heavy atom. The second-order valence-corrected chi connectivity index (χ2v) is 5.65. The molecule has 1 N–H and O–H groups in total. The fourth-order valence-corrected chi connectivity index (χ4v) is 2.36. The standard InChI is InChI=1S/C18H23N3O/c1-14-10-15(2)12-17(11-14)20-13-18(22)21(3)9-6-16-4-7-19-8-5-16/h4-5,7-8,10-12,20H,6,9,13H2,1-3H3. The van der Waals surface area contributed by atoms with E-state index in [9.17, 15) is 4.79 Å². The van der Waals surface area contributed by atoms with Gasteiger partial charge in [0, 0.05) is 31.7 Å². The largest absolute Gasteiger partial charge is 0.376 e. The first kappa shape index (κ1) is 16.0. The zero-order valence-corrected chi connectivity index (χ0v) is 13.5. The normalized spacial score (nSPS) is 10.3. The fraction of sp³-hybridized carbons (Fsp3) is 0.333. The van der Waals surface area contributed by atoms with Gasteiger partial charge in [-0.05, 0) is 61.2 Å². The van der Waals surface area contributed by atoms with Crippen LogP contribution in [0.1, 0.15) is 16.7 Å². The van der Waals surface area contributed by atoms with E-state index in [0.29, 0.717) is 13.1 Å². The predicted octanol–water partition coefficient (Wildman–Crippen LogP) is 2.81. The first-order chi connectivity index (χ1) is 10.5. The summed E-state index contributed by atoms with van der Waals surface area (Å²) in [4.78, 5) is 17.9. The van der Waals surface area contributed by atoms with Crippen LogP contribution in [0, 0.1) is 13.8 Å². The van der Waals surface area contributed by atoms with Gasteiger partial charge in [0.2, 0.25) is 5.91 Å². The van der Waals surface area contributed by atoms with Crippen molar-refractivity contribution in [3.8, 4) is 0 Å². The molecule has 1 aromatic carbocycles. The van der Waals surface area contributed by atoms with Crippen molar-refractivity contribution in [3.63, 3.8) is 0 Å². The number of hydrogen-bond donors (Lipinski definition) is 1. The van der Waals surface area contributed by atoms with E-state index in [-0.39, 0.29) is 5.91 Å². The van der Waals surface area contributed by atoms with Crippen molar-refractivity contribution >= 4 is 11.6 Å². The maximum Gasteiger partial charge on any atom is 0.241 e. The molecule has 0 aliphatic rings. The van der Waals surface area contributed by atoms with Gasteiger partial charge < -0.3 is 10.2 Å². The van der Waals surface area contributed by atoms with Gasteiger partial charge in [0.05, 0.1) is 6.54 Å². The summed E-state index contributed by atoms with van der Waals surface area (Å²) in [6.07, 6.45) is 4.39. The topological polar surface area (TPSA) is 45.2 Å². The molecule has 1 amide bonds. The Bertz CT molecular complexity index is 605. The van der Waals surface area contributed by atoms with Gasteiger partial charge in [-0.25, -0.2) is 0 Å². The van der Waals surface area contributed by atoms with E-state index in [1.54, 1.807) is 17.3 Å². The highest BCUT2D eigenvalue weighted by molar-refractivity contribution is 5.80. The molecule has 1 aromatic heterocycles. The number of benzene rings is 1. The summed E-state index contributed by atoms with van der Waals surface area (Å²) in [6, 6.07) is 10.2. The van der Waals surface area contributed by atoms with Gasteiger partial charge in [0.1, 0.15) is 0 Å². The lowest BCUT2D eigenvalue weighted by Crippen LogP contribution is -2.33. The summed E-state index contributed by atoms with van der Waals surface area (Å²) in [7, 11) is 1.84. The molecule has 2 aromatic rings. The second kappa shape index (κ2) is 7.59. The third-order valence-electron chi connectivity index (χ3n) is 3.58. The molecular formula is C18H23N3O. The minimum absolute atomic E-state index is 0.0909. The molecule has 0 unspecified atom stereocenters. The lowest BCUT2D eigenvalue weighted by molar-refractivity contribution is -0.127.